The Balaban J connectivity index is 5.26. The van der Waals surface area contributed by atoms with Gasteiger partial charge in [0.1, 0.15) is 0 Å². The van der Waals surface area contributed by atoms with Gasteiger partial charge in [0.15, 0.2) is 0 Å². The Kier molecular flexibility index (Phi) is 13.5. The molecule has 0 unspecified atom stereocenters. The normalized spacial score (nSPS) is 12.5. The number of carbonyl (C=O) groups excluding carboxylic acids is 1. The third kappa shape index (κ3) is 8.59. The molecule has 0 aliphatic heterocycles. The van der Waals surface area contributed by atoms with Gasteiger partial charge < -0.3 is 0 Å². The Morgan fingerprint density at radius 2 is 1.36 bits per heavy atom. The van der Waals surface area contributed by atoms with Crippen molar-refractivity contribution in [2.75, 3.05) is 7.11 Å². The van der Waals surface area contributed by atoms with Gasteiger partial charge in [-0.25, -0.2) is 0 Å². The van der Waals surface area contributed by atoms with Gasteiger partial charge >= 0.3 is 143 Å². The van der Waals surface area contributed by atoms with Gasteiger partial charge in [-0.3, -0.25) is 0 Å². The summed E-state index contributed by atoms with van der Waals surface area (Å²) >= 11 is -2.28. The molecule has 0 amide bonds. The van der Waals surface area contributed by atoms with E-state index in [9.17, 15) is 4.79 Å². The zero-order valence-corrected chi connectivity index (χ0v) is 18.5. The van der Waals surface area contributed by atoms with Crippen LogP contribution in [0.2, 0.25) is 17.7 Å². The fraction of sp³-hybridized carbons (Fsp3) is 0.842. The van der Waals surface area contributed by atoms with Crippen molar-refractivity contribution in [3.63, 3.8) is 0 Å². The second-order valence-electron chi connectivity index (χ2n) is 6.62. The van der Waals surface area contributed by atoms with Crippen LogP contribution in [0.3, 0.4) is 0 Å². The molecular formula is C19H38O2Sn. The van der Waals surface area contributed by atoms with Crippen LogP contribution in [0.1, 0.15) is 72.6 Å². The summed E-state index contributed by atoms with van der Waals surface area (Å²) in [7, 11) is 1.52. The Bertz CT molecular complexity index is 302. The summed E-state index contributed by atoms with van der Waals surface area (Å²) in [5, 5.41) is 0. The molecule has 22 heavy (non-hydrogen) atoms. The molecule has 0 bridgehead atoms. The van der Waals surface area contributed by atoms with Gasteiger partial charge in [0.05, 0.1) is 0 Å². The summed E-state index contributed by atoms with van der Waals surface area (Å²) in [6, 6.07) is 0. The van der Waals surface area contributed by atoms with Gasteiger partial charge in [-0.15, -0.1) is 0 Å². The van der Waals surface area contributed by atoms with Crippen LogP contribution in [0.15, 0.2) is 11.6 Å². The van der Waals surface area contributed by atoms with Crippen LogP contribution in [0, 0.1) is 0 Å². The predicted octanol–water partition coefficient (Wildman–Crippen LogP) is 6.34. The van der Waals surface area contributed by atoms with Gasteiger partial charge in [-0.2, -0.15) is 0 Å². The molecule has 0 fully saturated rings. The number of rotatable bonds is 13. The summed E-state index contributed by atoms with van der Waals surface area (Å²) in [6.45, 7) is 8.99. The van der Waals surface area contributed by atoms with E-state index in [1.165, 1.54) is 58.9 Å². The average molecular weight is 417 g/mol. The zero-order valence-electron chi connectivity index (χ0n) is 15.7. The molecule has 0 spiro atoms. The van der Waals surface area contributed by atoms with Crippen molar-refractivity contribution >= 4 is 24.3 Å². The van der Waals surface area contributed by atoms with E-state index in [0.29, 0.717) is 0 Å². The summed E-state index contributed by atoms with van der Waals surface area (Å²) < 4.78 is 10.5. The Labute approximate surface area is 143 Å². The van der Waals surface area contributed by atoms with Gasteiger partial charge in [-0.1, -0.05) is 0 Å². The minimum absolute atomic E-state index is 0.0765. The van der Waals surface area contributed by atoms with Crippen molar-refractivity contribution in [1.29, 1.82) is 0 Å². The fourth-order valence-electron chi connectivity index (χ4n) is 3.30. The molecule has 0 aromatic heterocycles. The fourth-order valence-corrected chi connectivity index (χ4v) is 19.5. The predicted molar refractivity (Wildman–Crippen MR) is 100 cm³/mol. The maximum absolute atomic E-state index is 12.1. The first-order valence-electron chi connectivity index (χ1n) is 9.36. The molecule has 0 radical (unpaired) electrons. The number of ether oxygens (including phenoxy) is 1. The molecule has 0 saturated heterocycles. The van der Waals surface area contributed by atoms with Crippen LogP contribution in [0.4, 0.5) is 0 Å². The second-order valence-corrected chi connectivity index (χ2v) is 20.5. The first kappa shape index (κ1) is 22.0. The molecule has 0 heterocycles. The zero-order chi connectivity index (χ0) is 16.8. The molecule has 130 valence electrons. The number of esters is 1. The number of allylic oxidation sites excluding steroid dienone is 1. The number of methoxy groups -OCH3 is 1. The van der Waals surface area contributed by atoms with Crippen LogP contribution in [-0.2, 0) is 9.53 Å². The van der Waals surface area contributed by atoms with Crippen LogP contribution < -0.4 is 0 Å². The molecule has 2 nitrogen and oxygen atoms in total. The number of hydrogen-bond acceptors (Lipinski definition) is 2. The monoisotopic (exact) mass is 418 g/mol. The first-order chi connectivity index (χ1) is 10.6. The van der Waals surface area contributed by atoms with Gasteiger partial charge in [0.25, 0.3) is 0 Å². The van der Waals surface area contributed by atoms with Crippen molar-refractivity contribution in [3.05, 3.63) is 11.6 Å². The van der Waals surface area contributed by atoms with E-state index in [4.69, 9.17) is 4.74 Å². The second kappa shape index (κ2) is 13.4. The molecule has 0 aromatic rings. The third-order valence-electron chi connectivity index (χ3n) is 4.65. The Morgan fingerprint density at radius 3 is 1.68 bits per heavy atom. The van der Waals surface area contributed by atoms with E-state index in [2.05, 4.69) is 33.8 Å². The van der Waals surface area contributed by atoms with Gasteiger partial charge in [0.2, 0.25) is 0 Å². The number of unbranched alkanes of at least 4 members (excludes halogenated alkanes) is 3. The van der Waals surface area contributed by atoms with E-state index >= 15 is 0 Å². The van der Waals surface area contributed by atoms with Crippen LogP contribution >= 0.6 is 0 Å². The molecule has 0 N–H and O–H groups in total. The molecule has 0 saturated carbocycles. The summed E-state index contributed by atoms with van der Waals surface area (Å²) in [6.07, 6.45) is 11.0. The quantitative estimate of drug-likeness (QED) is 0.199. The van der Waals surface area contributed by atoms with Crippen LogP contribution in [0.5, 0.6) is 0 Å². The minimum atomic E-state index is -2.28. The summed E-state index contributed by atoms with van der Waals surface area (Å²) in [4.78, 5) is 12.1. The van der Waals surface area contributed by atoms with E-state index in [1.54, 1.807) is 0 Å². The van der Waals surface area contributed by atoms with Crippen LogP contribution in [-0.4, -0.2) is 31.5 Å². The standard InChI is InChI=1S/C7H11O2.3C4H9.Sn/c1-4-5-6(2)7(8)9-3;3*1-3-4-2;/h5H,2,4H2,1,3H3;3*1,3-4H2,2H3;. The van der Waals surface area contributed by atoms with E-state index in [-0.39, 0.29) is 5.97 Å². The summed E-state index contributed by atoms with van der Waals surface area (Å²) in [5.41, 5.74) is 0.990. The number of carbonyl (C=O) groups is 1. The average Bonchev–Trinajstić information content (AvgIpc) is 2.54. The van der Waals surface area contributed by atoms with E-state index in [0.717, 1.165) is 16.4 Å². The van der Waals surface area contributed by atoms with Gasteiger partial charge in [0, 0.05) is 0 Å². The van der Waals surface area contributed by atoms with Crippen molar-refractivity contribution in [3.8, 4) is 0 Å². The summed E-state index contributed by atoms with van der Waals surface area (Å²) in [5.74, 6) is -0.0765. The van der Waals surface area contributed by atoms with Crippen molar-refractivity contribution in [2.45, 2.75) is 90.4 Å². The molecular weight excluding hydrogens is 379 g/mol. The van der Waals surface area contributed by atoms with E-state index < -0.39 is 18.4 Å². The Morgan fingerprint density at radius 1 is 0.909 bits per heavy atom. The maximum atomic E-state index is 12.1. The number of hydrogen-bond donors (Lipinski definition) is 0. The van der Waals surface area contributed by atoms with Crippen molar-refractivity contribution < 1.29 is 9.53 Å². The first-order valence-corrected chi connectivity index (χ1v) is 17.4. The van der Waals surface area contributed by atoms with Gasteiger partial charge in [-0.05, 0) is 0 Å². The molecule has 0 aliphatic carbocycles. The topological polar surface area (TPSA) is 26.3 Å². The molecule has 3 heteroatoms. The Hall–Kier alpha value is 0.00870. The van der Waals surface area contributed by atoms with Crippen molar-refractivity contribution in [1.82, 2.24) is 0 Å². The molecule has 0 atom stereocenters. The SMILES string of the molecule is CCC=C([CH2][Sn]([CH2]CCC)([CH2]CCC)[CH2]CCC)C(=O)OC. The van der Waals surface area contributed by atoms with Crippen LogP contribution in [0.25, 0.3) is 0 Å². The van der Waals surface area contributed by atoms with E-state index in [1.807, 2.05) is 0 Å². The van der Waals surface area contributed by atoms with Crippen molar-refractivity contribution in [2.24, 2.45) is 0 Å². The molecule has 0 rings (SSSR count). The third-order valence-corrected chi connectivity index (χ3v) is 20.0. The molecule has 0 aromatic carbocycles. The molecule has 0 aliphatic rings.